The lowest BCUT2D eigenvalue weighted by molar-refractivity contribution is -0.137. The molecule has 100 valence electrons. The Balaban J connectivity index is 2.99. The lowest BCUT2D eigenvalue weighted by Gasteiger charge is -2.34. The smallest absolute Gasteiger partial charge is 0.303 e. The molecule has 0 atom stereocenters. The number of carboxylic acids is 1. The van der Waals surface area contributed by atoms with Crippen LogP contribution in [0.15, 0.2) is 30.3 Å². The van der Waals surface area contributed by atoms with E-state index in [0.29, 0.717) is 0 Å². The van der Waals surface area contributed by atoms with Gasteiger partial charge in [0.05, 0.1) is 0 Å². The molecule has 0 saturated heterocycles. The van der Waals surface area contributed by atoms with E-state index in [9.17, 15) is 4.79 Å². The molecule has 0 bridgehead atoms. The molecule has 0 aliphatic rings. The van der Waals surface area contributed by atoms with Crippen LogP contribution in [0.5, 0.6) is 0 Å². The Morgan fingerprint density at radius 3 is 2.06 bits per heavy atom. The van der Waals surface area contributed by atoms with Gasteiger partial charge in [-0.2, -0.15) is 0 Å². The maximum absolute atomic E-state index is 10.9. The molecule has 2 nitrogen and oxygen atoms in total. The monoisotopic (exact) mass is 248 g/mol. The highest BCUT2D eigenvalue weighted by Crippen LogP contribution is 2.38. The Hall–Kier alpha value is -1.31. The zero-order valence-electron chi connectivity index (χ0n) is 11.5. The SMILES string of the molecule is CCCC(CCC)(CCC(=O)O)c1ccccc1. The van der Waals surface area contributed by atoms with Crippen molar-refractivity contribution in [1.29, 1.82) is 0 Å². The van der Waals surface area contributed by atoms with Gasteiger partial charge >= 0.3 is 5.97 Å². The van der Waals surface area contributed by atoms with E-state index in [1.807, 2.05) is 6.07 Å². The topological polar surface area (TPSA) is 37.3 Å². The summed E-state index contributed by atoms with van der Waals surface area (Å²) in [6.07, 6.45) is 5.32. The molecular weight excluding hydrogens is 224 g/mol. The summed E-state index contributed by atoms with van der Waals surface area (Å²) < 4.78 is 0. The summed E-state index contributed by atoms with van der Waals surface area (Å²) in [6.45, 7) is 4.35. The molecule has 0 saturated carbocycles. The maximum Gasteiger partial charge on any atom is 0.303 e. The van der Waals surface area contributed by atoms with Gasteiger partial charge in [-0.3, -0.25) is 4.79 Å². The number of hydrogen-bond acceptors (Lipinski definition) is 1. The van der Waals surface area contributed by atoms with Gasteiger partial charge in [0.15, 0.2) is 0 Å². The first-order valence-electron chi connectivity index (χ1n) is 6.92. The largest absolute Gasteiger partial charge is 0.481 e. The van der Waals surface area contributed by atoms with Crippen LogP contribution >= 0.6 is 0 Å². The van der Waals surface area contributed by atoms with Gasteiger partial charge in [0, 0.05) is 6.42 Å². The van der Waals surface area contributed by atoms with Crippen LogP contribution in [-0.4, -0.2) is 11.1 Å². The molecule has 18 heavy (non-hydrogen) atoms. The van der Waals surface area contributed by atoms with E-state index in [2.05, 4.69) is 38.1 Å². The Labute approximate surface area is 110 Å². The molecule has 0 unspecified atom stereocenters. The summed E-state index contributed by atoms with van der Waals surface area (Å²) in [5.74, 6) is -0.692. The Bertz CT molecular complexity index is 351. The summed E-state index contributed by atoms with van der Waals surface area (Å²) in [5.41, 5.74) is 1.35. The molecule has 1 aromatic rings. The standard InChI is InChI=1S/C16H24O2/c1-3-11-16(12-4-2,13-10-15(17)18)14-8-6-5-7-9-14/h5-9H,3-4,10-13H2,1-2H3,(H,17,18). The Kier molecular flexibility index (Phi) is 5.90. The second-order valence-electron chi connectivity index (χ2n) is 5.04. The molecule has 0 spiro atoms. The van der Waals surface area contributed by atoms with Crippen LogP contribution in [0.1, 0.15) is 57.9 Å². The number of carboxylic acid groups (broad SMARTS) is 1. The normalized spacial score (nSPS) is 11.4. The van der Waals surface area contributed by atoms with E-state index in [0.717, 1.165) is 32.1 Å². The van der Waals surface area contributed by atoms with Crippen LogP contribution in [-0.2, 0) is 10.2 Å². The lowest BCUT2D eigenvalue weighted by Crippen LogP contribution is -2.27. The molecule has 1 rings (SSSR count). The van der Waals surface area contributed by atoms with Gasteiger partial charge in [0.25, 0.3) is 0 Å². The van der Waals surface area contributed by atoms with Crippen molar-refractivity contribution >= 4 is 5.97 Å². The summed E-state index contributed by atoms with van der Waals surface area (Å²) in [5, 5.41) is 8.96. The van der Waals surface area contributed by atoms with E-state index in [4.69, 9.17) is 5.11 Å². The fraction of sp³-hybridized carbons (Fsp3) is 0.562. The van der Waals surface area contributed by atoms with Gasteiger partial charge in [-0.15, -0.1) is 0 Å². The Morgan fingerprint density at radius 1 is 1.06 bits per heavy atom. The van der Waals surface area contributed by atoms with E-state index >= 15 is 0 Å². The quantitative estimate of drug-likeness (QED) is 0.740. The van der Waals surface area contributed by atoms with Crippen molar-refractivity contribution < 1.29 is 9.90 Å². The fourth-order valence-corrected chi connectivity index (χ4v) is 2.90. The third kappa shape index (κ3) is 3.86. The van der Waals surface area contributed by atoms with Gasteiger partial charge in [-0.05, 0) is 30.2 Å². The van der Waals surface area contributed by atoms with Crippen molar-refractivity contribution in [3.63, 3.8) is 0 Å². The molecule has 0 amide bonds. The molecule has 0 radical (unpaired) electrons. The van der Waals surface area contributed by atoms with E-state index in [-0.39, 0.29) is 11.8 Å². The first-order chi connectivity index (χ1) is 8.64. The van der Waals surface area contributed by atoms with Crippen LogP contribution in [0.25, 0.3) is 0 Å². The van der Waals surface area contributed by atoms with Crippen molar-refractivity contribution in [2.45, 2.75) is 57.8 Å². The van der Waals surface area contributed by atoms with Gasteiger partial charge < -0.3 is 5.11 Å². The molecule has 0 aliphatic heterocycles. The van der Waals surface area contributed by atoms with Crippen molar-refractivity contribution in [2.75, 3.05) is 0 Å². The van der Waals surface area contributed by atoms with Crippen molar-refractivity contribution in [3.05, 3.63) is 35.9 Å². The molecule has 0 aromatic heterocycles. The summed E-state index contributed by atoms with van der Waals surface area (Å²) in [7, 11) is 0. The summed E-state index contributed by atoms with van der Waals surface area (Å²) >= 11 is 0. The lowest BCUT2D eigenvalue weighted by atomic mass is 9.70. The van der Waals surface area contributed by atoms with E-state index in [1.54, 1.807) is 0 Å². The zero-order valence-corrected chi connectivity index (χ0v) is 11.5. The number of rotatable bonds is 8. The van der Waals surface area contributed by atoms with Crippen LogP contribution < -0.4 is 0 Å². The predicted molar refractivity (Wildman–Crippen MR) is 74.8 cm³/mol. The second kappa shape index (κ2) is 7.20. The third-order valence-electron chi connectivity index (χ3n) is 3.66. The second-order valence-corrected chi connectivity index (χ2v) is 5.04. The van der Waals surface area contributed by atoms with Gasteiger partial charge in [-0.1, -0.05) is 57.0 Å². The molecule has 1 N–H and O–H groups in total. The number of hydrogen-bond donors (Lipinski definition) is 1. The highest BCUT2D eigenvalue weighted by atomic mass is 16.4. The van der Waals surface area contributed by atoms with E-state index < -0.39 is 5.97 Å². The minimum atomic E-state index is -0.692. The Morgan fingerprint density at radius 2 is 1.61 bits per heavy atom. The number of carbonyl (C=O) groups is 1. The third-order valence-corrected chi connectivity index (χ3v) is 3.66. The highest BCUT2D eigenvalue weighted by Gasteiger charge is 2.30. The van der Waals surface area contributed by atoms with Crippen LogP contribution in [0, 0.1) is 0 Å². The predicted octanol–water partition coefficient (Wildman–Crippen LogP) is 4.39. The van der Waals surface area contributed by atoms with Crippen LogP contribution in [0.2, 0.25) is 0 Å². The minimum Gasteiger partial charge on any atom is -0.481 e. The molecule has 2 heteroatoms. The van der Waals surface area contributed by atoms with Crippen molar-refractivity contribution in [2.24, 2.45) is 0 Å². The number of benzene rings is 1. The average molecular weight is 248 g/mol. The zero-order chi connectivity index (χ0) is 13.4. The van der Waals surface area contributed by atoms with Crippen molar-refractivity contribution in [1.82, 2.24) is 0 Å². The summed E-state index contributed by atoms with van der Waals surface area (Å²) in [6, 6.07) is 10.4. The first kappa shape index (κ1) is 14.7. The van der Waals surface area contributed by atoms with Gasteiger partial charge in [-0.25, -0.2) is 0 Å². The molecule has 0 fully saturated rings. The molecule has 1 aromatic carbocycles. The van der Waals surface area contributed by atoms with Crippen LogP contribution in [0.4, 0.5) is 0 Å². The maximum atomic E-state index is 10.9. The minimum absolute atomic E-state index is 0.0448. The fourth-order valence-electron chi connectivity index (χ4n) is 2.90. The molecule has 0 heterocycles. The summed E-state index contributed by atoms with van der Waals surface area (Å²) in [4.78, 5) is 10.9. The average Bonchev–Trinajstić information content (AvgIpc) is 2.37. The highest BCUT2D eigenvalue weighted by molar-refractivity contribution is 5.66. The molecular formula is C16H24O2. The van der Waals surface area contributed by atoms with Crippen molar-refractivity contribution in [3.8, 4) is 0 Å². The number of aliphatic carboxylic acids is 1. The molecule has 0 aliphatic carbocycles. The van der Waals surface area contributed by atoms with Crippen LogP contribution in [0.3, 0.4) is 0 Å². The van der Waals surface area contributed by atoms with Gasteiger partial charge in [0.1, 0.15) is 0 Å². The van der Waals surface area contributed by atoms with Gasteiger partial charge in [0.2, 0.25) is 0 Å². The first-order valence-corrected chi connectivity index (χ1v) is 6.92. The van der Waals surface area contributed by atoms with E-state index in [1.165, 1.54) is 5.56 Å².